The third kappa shape index (κ3) is 2.46. The van der Waals surface area contributed by atoms with Crippen LogP contribution in [0, 0.1) is 5.92 Å². The third-order valence-corrected chi connectivity index (χ3v) is 3.73. The first-order valence-electron chi connectivity index (χ1n) is 6.50. The zero-order valence-corrected chi connectivity index (χ0v) is 10.5. The van der Waals surface area contributed by atoms with Crippen LogP contribution < -0.4 is 5.32 Å². The van der Waals surface area contributed by atoms with Gasteiger partial charge in [0.25, 0.3) is 0 Å². The van der Waals surface area contributed by atoms with Gasteiger partial charge in [0.2, 0.25) is 5.91 Å². The molecule has 2 N–H and O–H groups in total. The molecule has 1 amide bonds. The van der Waals surface area contributed by atoms with Crippen molar-refractivity contribution in [1.82, 2.24) is 4.90 Å². The van der Waals surface area contributed by atoms with Gasteiger partial charge in [-0.1, -0.05) is 18.2 Å². The number of fused-ring (bicyclic) bond motifs is 1. The van der Waals surface area contributed by atoms with Crippen molar-refractivity contribution < 1.29 is 14.7 Å². The minimum Gasteiger partial charge on any atom is -0.480 e. The Labute approximate surface area is 111 Å². The van der Waals surface area contributed by atoms with Crippen LogP contribution in [-0.2, 0) is 16.1 Å². The molecule has 5 nitrogen and oxygen atoms in total. The average Bonchev–Trinajstić information content (AvgIpc) is 3.15. The van der Waals surface area contributed by atoms with Gasteiger partial charge in [-0.15, -0.1) is 0 Å². The molecule has 0 aromatic heterocycles. The highest BCUT2D eigenvalue weighted by atomic mass is 16.4. The second kappa shape index (κ2) is 4.66. The minimum atomic E-state index is -0.824. The number of anilines is 1. The molecule has 0 saturated heterocycles. The minimum absolute atomic E-state index is 0.141. The van der Waals surface area contributed by atoms with Crippen molar-refractivity contribution in [2.75, 3.05) is 11.9 Å². The van der Waals surface area contributed by atoms with Crippen molar-refractivity contribution in [2.45, 2.75) is 25.4 Å². The van der Waals surface area contributed by atoms with E-state index >= 15 is 0 Å². The Bertz CT molecular complexity index is 525. The molecule has 1 fully saturated rings. The van der Waals surface area contributed by atoms with Gasteiger partial charge in [0.15, 0.2) is 0 Å². The molecule has 1 unspecified atom stereocenters. The predicted molar refractivity (Wildman–Crippen MR) is 69.6 cm³/mol. The monoisotopic (exact) mass is 260 g/mol. The Kier molecular flexibility index (Phi) is 2.98. The fourth-order valence-corrected chi connectivity index (χ4v) is 2.69. The van der Waals surface area contributed by atoms with Gasteiger partial charge in [-0.2, -0.15) is 0 Å². The fraction of sp³-hybridized carbons (Fsp3) is 0.429. The van der Waals surface area contributed by atoms with Crippen LogP contribution in [0.15, 0.2) is 24.3 Å². The predicted octanol–water partition coefficient (Wildman–Crippen LogP) is 1.30. The van der Waals surface area contributed by atoms with Gasteiger partial charge in [-0.3, -0.25) is 14.5 Å². The lowest BCUT2D eigenvalue weighted by atomic mass is 10.1. The Hall–Kier alpha value is -1.88. The van der Waals surface area contributed by atoms with Crippen LogP contribution in [0.25, 0.3) is 0 Å². The lowest BCUT2D eigenvalue weighted by molar-refractivity contribution is -0.144. The maximum atomic E-state index is 11.9. The maximum absolute atomic E-state index is 11.9. The summed E-state index contributed by atoms with van der Waals surface area (Å²) in [4.78, 5) is 25.1. The lowest BCUT2D eigenvalue weighted by Crippen LogP contribution is -2.44. The number of nitrogens with one attached hydrogen (secondary N) is 1. The van der Waals surface area contributed by atoms with E-state index in [0.717, 1.165) is 24.1 Å². The SMILES string of the molecule is O=C1CN(C(C(=O)O)C2CC2)Cc2ccccc2N1. The second-order valence-electron chi connectivity index (χ2n) is 5.23. The number of benzene rings is 1. The number of carboxylic acids is 1. The fourth-order valence-electron chi connectivity index (χ4n) is 2.69. The first-order chi connectivity index (χ1) is 9.15. The number of carboxylic acid groups (broad SMARTS) is 1. The largest absolute Gasteiger partial charge is 0.480 e. The highest BCUT2D eigenvalue weighted by molar-refractivity contribution is 5.94. The van der Waals surface area contributed by atoms with E-state index in [9.17, 15) is 14.7 Å². The molecular formula is C14H16N2O3. The first kappa shape index (κ1) is 12.2. The van der Waals surface area contributed by atoms with E-state index < -0.39 is 12.0 Å². The van der Waals surface area contributed by atoms with Crippen LogP contribution in [-0.4, -0.2) is 34.5 Å². The summed E-state index contributed by atoms with van der Waals surface area (Å²) in [6, 6.07) is 7.01. The number of para-hydroxylation sites is 1. The zero-order valence-electron chi connectivity index (χ0n) is 10.5. The summed E-state index contributed by atoms with van der Waals surface area (Å²) >= 11 is 0. The summed E-state index contributed by atoms with van der Waals surface area (Å²) in [6.07, 6.45) is 1.88. The number of amides is 1. The van der Waals surface area contributed by atoms with Crippen molar-refractivity contribution in [1.29, 1.82) is 0 Å². The van der Waals surface area contributed by atoms with Gasteiger partial charge in [-0.05, 0) is 30.4 Å². The van der Waals surface area contributed by atoms with E-state index in [-0.39, 0.29) is 18.4 Å². The Morgan fingerprint density at radius 1 is 1.32 bits per heavy atom. The first-order valence-corrected chi connectivity index (χ1v) is 6.50. The molecule has 1 aliphatic heterocycles. The Morgan fingerprint density at radius 3 is 2.74 bits per heavy atom. The summed E-state index contributed by atoms with van der Waals surface area (Å²) in [5.74, 6) is -0.776. The molecule has 1 atom stereocenters. The molecule has 5 heteroatoms. The second-order valence-corrected chi connectivity index (χ2v) is 5.23. The standard InChI is InChI=1S/C14H16N2O3/c17-12-8-16(13(14(18)19)9-5-6-9)7-10-3-1-2-4-11(10)15-12/h1-4,9,13H,5-8H2,(H,15,17)(H,18,19). The summed E-state index contributed by atoms with van der Waals surface area (Å²) in [6.45, 7) is 0.643. The molecule has 1 saturated carbocycles. The number of rotatable bonds is 3. The van der Waals surface area contributed by atoms with Gasteiger partial charge in [0.1, 0.15) is 6.04 Å². The zero-order chi connectivity index (χ0) is 13.4. The molecule has 100 valence electrons. The summed E-state index contributed by atoms with van der Waals surface area (Å²) < 4.78 is 0. The van der Waals surface area contributed by atoms with Gasteiger partial charge in [0, 0.05) is 12.2 Å². The molecular weight excluding hydrogens is 244 g/mol. The molecule has 1 heterocycles. The summed E-state index contributed by atoms with van der Waals surface area (Å²) in [7, 11) is 0. The molecule has 1 aromatic rings. The van der Waals surface area contributed by atoms with E-state index in [1.54, 1.807) is 4.90 Å². The molecule has 1 aliphatic carbocycles. The number of carbonyl (C=O) groups is 2. The normalized spacial score (nSPS) is 21.2. The smallest absolute Gasteiger partial charge is 0.321 e. The van der Waals surface area contributed by atoms with Gasteiger partial charge in [0.05, 0.1) is 6.54 Å². The molecule has 2 aliphatic rings. The van der Waals surface area contributed by atoms with Crippen molar-refractivity contribution in [3.8, 4) is 0 Å². The summed E-state index contributed by atoms with van der Waals surface area (Å²) in [5, 5.41) is 12.2. The lowest BCUT2D eigenvalue weighted by Gasteiger charge is -2.26. The van der Waals surface area contributed by atoms with Gasteiger partial charge < -0.3 is 10.4 Å². The maximum Gasteiger partial charge on any atom is 0.321 e. The highest BCUT2D eigenvalue weighted by Gasteiger charge is 2.41. The molecule has 0 bridgehead atoms. The third-order valence-electron chi connectivity index (χ3n) is 3.73. The number of hydrogen-bond acceptors (Lipinski definition) is 3. The topological polar surface area (TPSA) is 69.6 Å². The van der Waals surface area contributed by atoms with Crippen LogP contribution in [0.2, 0.25) is 0 Å². The summed E-state index contributed by atoms with van der Waals surface area (Å²) in [5.41, 5.74) is 1.76. The van der Waals surface area contributed by atoms with E-state index in [1.165, 1.54) is 0 Å². The molecule has 0 spiro atoms. The molecule has 3 rings (SSSR count). The van der Waals surface area contributed by atoms with Crippen LogP contribution in [0.1, 0.15) is 18.4 Å². The molecule has 1 aromatic carbocycles. The van der Waals surface area contributed by atoms with Gasteiger partial charge in [-0.25, -0.2) is 0 Å². The van der Waals surface area contributed by atoms with Crippen molar-refractivity contribution >= 4 is 17.6 Å². The number of carbonyl (C=O) groups excluding carboxylic acids is 1. The van der Waals surface area contributed by atoms with Crippen molar-refractivity contribution in [2.24, 2.45) is 5.92 Å². The number of nitrogens with zero attached hydrogens (tertiary/aromatic N) is 1. The number of hydrogen-bond donors (Lipinski definition) is 2. The van der Waals surface area contributed by atoms with Crippen LogP contribution in [0.4, 0.5) is 5.69 Å². The van der Waals surface area contributed by atoms with Crippen LogP contribution in [0.5, 0.6) is 0 Å². The van der Waals surface area contributed by atoms with Crippen molar-refractivity contribution in [3.05, 3.63) is 29.8 Å². The van der Waals surface area contributed by atoms with E-state index in [2.05, 4.69) is 5.32 Å². The van der Waals surface area contributed by atoms with Crippen molar-refractivity contribution in [3.63, 3.8) is 0 Å². The Morgan fingerprint density at radius 2 is 2.05 bits per heavy atom. The number of aliphatic carboxylic acids is 1. The quantitative estimate of drug-likeness (QED) is 0.859. The van der Waals surface area contributed by atoms with Crippen LogP contribution >= 0.6 is 0 Å². The Balaban J connectivity index is 1.90. The molecule has 19 heavy (non-hydrogen) atoms. The van der Waals surface area contributed by atoms with Gasteiger partial charge >= 0.3 is 5.97 Å². The average molecular weight is 260 g/mol. The molecule has 0 radical (unpaired) electrons. The van der Waals surface area contributed by atoms with Crippen LogP contribution in [0.3, 0.4) is 0 Å². The van der Waals surface area contributed by atoms with E-state index in [4.69, 9.17) is 0 Å². The van der Waals surface area contributed by atoms with E-state index in [0.29, 0.717) is 6.54 Å². The highest BCUT2D eigenvalue weighted by Crippen LogP contribution is 2.37. The van der Waals surface area contributed by atoms with E-state index in [1.807, 2.05) is 24.3 Å².